The third-order valence-electron chi connectivity index (χ3n) is 4.60. The molecule has 0 saturated carbocycles. The second-order valence-electron chi connectivity index (χ2n) is 7.10. The third kappa shape index (κ3) is 6.08. The molecule has 0 saturated heterocycles. The number of allylic oxidation sites excluding steroid dienone is 1. The van der Waals surface area contributed by atoms with Gasteiger partial charge < -0.3 is 15.2 Å². The van der Waals surface area contributed by atoms with Crippen LogP contribution in [0.3, 0.4) is 0 Å². The number of nitrogens with zero attached hydrogens (tertiary/aromatic N) is 3. The van der Waals surface area contributed by atoms with Gasteiger partial charge in [0.25, 0.3) is 5.91 Å². The Balaban J connectivity index is 1.65. The molecule has 2 aromatic carbocycles. The number of benzene rings is 2. The monoisotopic (exact) mass is 513 g/mol. The summed E-state index contributed by atoms with van der Waals surface area (Å²) < 4.78 is 2.84. The minimum Gasteiger partial charge on any atom is -0.342 e. The van der Waals surface area contributed by atoms with Crippen LogP contribution in [0.5, 0.6) is 0 Å². The number of amides is 2. The first-order chi connectivity index (χ1) is 15.4. The number of carbonyl (C=O) groups excluding carboxylic acids is 2. The van der Waals surface area contributed by atoms with E-state index in [1.165, 1.54) is 11.8 Å². The van der Waals surface area contributed by atoms with Crippen LogP contribution in [0.4, 0.5) is 5.69 Å². The van der Waals surface area contributed by atoms with Gasteiger partial charge in [0.05, 0.1) is 11.8 Å². The van der Waals surface area contributed by atoms with Gasteiger partial charge in [0.2, 0.25) is 5.91 Å². The fourth-order valence-corrected chi connectivity index (χ4v) is 4.01. The van der Waals surface area contributed by atoms with Gasteiger partial charge in [0.15, 0.2) is 11.0 Å². The molecule has 3 aromatic rings. The predicted molar refractivity (Wildman–Crippen MR) is 131 cm³/mol. The van der Waals surface area contributed by atoms with Crippen molar-refractivity contribution in [3.8, 4) is 0 Å². The normalized spacial score (nSPS) is 11.6. The molecule has 0 radical (unpaired) electrons. The van der Waals surface area contributed by atoms with Crippen LogP contribution in [-0.4, -0.2) is 32.3 Å². The van der Waals surface area contributed by atoms with Crippen LogP contribution in [-0.2, 0) is 11.3 Å². The molecule has 3 rings (SSSR count). The molecule has 1 aromatic heterocycles. The number of hydrogen-bond acceptors (Lipinski definition) is 5. The minimum atomic E-state index is -0.371. The summed E-state index contributed by atoms with van der Waals surface area (Å²) >= 11 is 4.74. The summed E-state index contributed by atoms with van der Waals surface area (Å²) in [6.07, 6.45) is 1.73. The van der Waals surface area contributed by atoms with E-state index < -0.39 is 0 Å². The number of thioether (sulfide) groups is 1. The molecule has 2 N–H and O–H groups in total. The Bertz CT molecular complexity index is 1120. The van der Waals surface area contributed by atoms with Crippen molar-refractivity contribution in [3.05, 3.63) is 82.6 Å². The topological polar surface area (TPSA) is 88.9 Å². The molecule has 0 bridgehead atoms. The molecule has 0 aliphatic heterocycles. The first-order valence-corrected chi connectivity index (χ1v) is 11.8. The highest BCUT2D eigenvalue weighted by atomic mass is 79.9. The highest BCUT2D eigenvalue weighted by molar-refractivity contribution is 9.10. The quantitative estimate of drug-likeness (QED) is 0.318. The van der Waals surface area contributed by atoms with Crippen molar-refractivity contribution in [2.45, 2.75) is 31.6 Å². The Hall–Kier alpha value is -2.91. The fourth-order valence-electron chi connectivity index (χ4n) is 3.01. The summed E-state index contributed by atoms with van der Waals surface area (Å²) in [6.45, 7) is 8.07. The number of anilines is 1. The van der Waals surface area contributed by atoms with E-state index in [0.29, 0.717) is 23.1 Å². The summed E-state index contributed by atoms with van der Waals surface area (Å²) in [4.78, 5) is 24.9. The van der Waals surface area contributed by atoms with E-state index in [1.54, 1.807) is 18.2 Å². The molecule has 7 nitrogen and oxygen atoms in total. The first kappa shape index (κ1) is 23.7. The summed E-state index contributed by atoms with van der Waals surface area (Å²) in [5.41, 5.74) is 2.35. The van der Waals surface area contributed by atoms with Gasteiger partial charge in [-0.25, -0.2) is 0 Å². The van der Waals surface area contributed by atoms with Crippen molar-refractivity contribution < 1.29 is 9.59 Å². The molecule has 0 aliphatic rings. The Morgan fingerprint density at radius 2 is 1.97 bits per heavy atom. The van der Waals surface area contributed by atoms with Crippen molar-refractivity contribution in [2.75, 3.05) is 11.1 Å². The van der Waals surface area contributed by atoms with Crippen molar-refractivity contribution in [1.29, 1.82) is 0 Å². The molecule has 0 fully saturated rings. The predicted octanol–water partition coefficient (Wildman–Crippen LogP) is 4.76. The Morgan fingerprint density at radius 3 is 2.66 bits per heavy atom. The zero-order valence-electron chi connectivity index (χ0n) is 17.8. The molecular formula is C23H24BrN5O2S. The largest absolute Gasteiger partial charge is 0.342 e. The number of rotatable bonds is 9. The maximum Gasteiger partial charge on any atom is 0.251 e. The Morgan fingerprint density at radius 1 is 1.22 bits per heavy atom. The standard InChI is InChI=1S/C23H24BrN5O2S/c1-4-12-29-21(16(3)25-22(31)17-8-6-5-7-9-17)27-28-23(29)32-14-20(30)26-18-10-11-19(24)15(2)13-18/h4-11,13,16H,1,12,14H2,2-3H3,(H,25,31)(H,26,30)/t16-/m1/s1. The molecule has 9 heteroatoms. The maximum atomic E-state index is 12.5. The zero-order chi connectivity index (χ0) is 23.1. The highest BCUT2D eigenvalue weighted by Gasteiger charge is 2.20. The van der Waals surface area contributed by atoms with Gasteiger partial charge in [-0.1, -0.05) is 52.0 Å². The van der Waals surface area contributed by atoms with Gasteiger partial charge in [0.1, 0.15) is 0 Å². The van der Waals surface area contributed by atoms with Gasteiger partial charge in [-0.3, -0.25) is 9.59 Å². The molecule has 0 aliphatic carbocycles. The van der Waals surface area contributed by atoms with E-state index >= 15 is 0 Å². The van der Waals surface area contributed by atoms with Crippen molar-refractivity contribution in [3.63, 3.8) is 0 Å². The second-order valence-corrected chi connectivity index (χ2v) is 8.90. The van der Waals surface area contributed by atoms with E-state index in [-0.39, 0.29) is 23.6 Å². The number of halogens is 1. The second kappa shape index (κ2) is 11.1. The van der Waals surface area contributed by atoms with Crippen molar-refractivity contribution >= 4 is 45.2 Å². The number of carbonyl (C=O) groups is 2. The molecule has 1 heterocycles. The van der Waals surface area contributed by atoms with Crippen LogP contribution in [0.15, 0.2) is 70.8 Å². The molecule has 1 atom stereocenters. The maximum absolute atomic E-state index is 12.5. The van der Waals surface area contributed by atoms with Gasteiger partial charge in [-0.2, -0.15) is 0 Å². The molecule has 32 heavy (non-hydrogen) atoms. The summed E-state index contributed by atoms with van der Waals surface area (Å²) in [5, 5.41) is 14.9. The van der Waals surface area contributed by atoms with E-state index in [1.807, 2.05) is 54.8 Å². The number of hydrogen-bond donors (Lipinski definition) is 2. The van der Waals surface area contributed by atoms with Gasteiger partial charge >= 0.3 is 0 Å². The van der Waals surface area contributed by atoms with Crippen molar-refractivity contribution in [2.24, 2.45) is 0 Å². The van der Waals surface area contributed by atoms with Crippen LogP contribution in [0, 0.1) is 6.92 Å². The number of aromatic nitrogens is 3. The average Bonchev–Trinajstić information content (AvgIpc) is 3.18. The van der Waals surface area contributed by atoms with Gasteiger partial charge in [-0.15, -0.1) is 16.8 Å². The zero-order valence-corrected chi connectivity index (χ0v) is 20.2. The smallest absolute Gasteiger partial charge is 0.251 e. The van der Waals surface area contributed by atoms with Crippen LogP contribution in [0.2, 0.25) is 0 Å². The highest BCUT2D eigenvalue weighted by Crippen LogP contribution is 2.23. The van der Waals surface area contributed by atoms with Gasteiger partial charge in [0, 0.05) is 22.3 Å². The SMILES string of the molecule is C=CCn1c(SCC(=O)Nc2ccc(Br)c(C)c2)nnc1[C@@H](C)NC(=O)c1ccccc1. The van der Waals surface area contributed by atoms with E-state index in [2.05, 4.69) is 43.3 Å². The summed E-state index contributed by atoms with van der Waals surface area (Å²) in [7, 11) is 0. The lowest BCUT2D eigenvalue weighted by Crippen LogP contribution is -2.28. The fraction of sp³-hybridized carbons (Fsp3) is 0.217. The van der Waals surface area contributed by atoms with Crippen LogP contribution in [0.1, 0.15) is 34.7 Å². The summed E-state index contributed by atoms with van der Waals surface area (Å²) in [6, 6.07) is 14.3. The minimum absolute atomic E-state index is 0.142. The third-order valence-corrected chi connectivity index (χ3v) is 6.46. The Labute approximate surface area is 199 Å². The van der Waals surface area contributed by atoms with Crippen LogP contribution < -0.4 is 10.6 Å². The lowest BCUT2D eigenvalue weighted by molar-refractivity contribution is -0.113. The van der Waals surface area contributed by atoms with E-state index in [9.17, 15) is 9.59 Å². The van der Waals surface area contributed by atoms with Crippen LogP contribution in [0.25, 0.3) is 0 Å². The van der Waals surface area contributed by atoms with Crippen LogP contribution >= 0.6 is 27.7 Å². The molecule has 0 spiro atoms. The average molecular weight is 514 g/mol. The lowest BCUT2D eigenvalue weighted by Gasteiger charge is -2.15. The molecule has 2 amide bonds. The summed E-state index contributed by atoms with van der Waals surface area (Å²) in [5.74, 6) is 0.442. The van der Waals surface area contributed by atoms with E-state index in [0.717, 1.165) is 15.7 Å². The lowest BCUT2D eigenvalue weighted by atomic mass is 10.2. The molecular weight excluding hydrogens is 490 g/mol. The van der Waals surface area contributed by atoms with Gasteiger partial charge in [-0.05, 0) is 49.7 Å². The molecule has 0 unspecified atom stereocenters. The first-order valence-electron chi connectivity index (χ1n) is 9.97. The Kier molecular flexibility index (Phi) is 8.24. The van der Waals surface area contributed by atoms with E-state index in [4.69, 9.17) is 0 Å². The number of aryl methyl sites for hydroxylation is 1. The van der Waals surface area contributed by atoms with Crippen molar-refractivity contribution in [1.82, 2.24) is 20.1 Å². The molecule has 166 valence electrons. The number of nitrogens with one attached hydrogen (secondary N) is 2.